The molecule has 190 valence electrons. The number of rotatable bonds is 6. The van der Waals surface area contributed by atoms with E-state index in [-0.39, 0.29) is 38.9 Å². The van der Waals surface area contributed by atoms with Crippen molar-refractivity contribution in [3.63, 3.8) is 0 Å². The largest absolute Gasteiger partial charge is 0.452 e. The first-order valence-electron chi connectivity index (χ1n) is 10.5. The summed E-state index contributed by atoms with van der Waals surface area (Å²) in [4.78, 5) is 28.1. The van der Waals surface area contributed by atoms with E-state index in [2.05, 4.69) is 10.3 Å². The van der Waals surface area contributed by atoms with Crippen LogP contribution < -0.4 is 14.8 Å². The number of carbonyl (C=O) groups excluding carboxylic acids is 2. The van der Waals surface area contributed by atoms with E-state index in [9.17, 15) is 18.0 Å². The molecule has 3 aromatic rings. The van der Waals surface area contributed by atoms with Crippen LogP contribution in [0.1, 0.15) is 27.7 Å². The van der Waals surface area contributed by atoms with Gasteiger partial charge in [-0.3, -0.25) is 4.79 Å². The standard InChI is InChI=1S/C24H23Cl2N3O6S/c1-15(30)28-22-12-10-17(14-27-22)36(32,33)29(24(2,3)4)23(31)35-21-8-6-5-7-20(21)34-19-11-9-16(25)13-18(19)26/h5-14H,1-4H3,(H,27,28,30). The van der Waals surface area contributed by atoms with Crippen LogP contribution in [0.4, 0.5) is 10.6 Å². The Kier molecular flexibility index (Phi) is 8.12. The second-order valence-corrected chi connectivity index (χ2v) is 11.1. The maximum atomic E-state index is 13.4. The van der Waals surface area contributed by atoms with Gasteiger partial charge in [0.05, 0.1) is 10.6 Å². The number of hydrogen-bond donors (Lipinski definition) is 1. The lowest BCUT2D eigenvalue weighted by molar-refractivity contribution is -0.114. The van der Waals surface area contributed by atoms with Gasteiger partial charge < -0.3 is 14.8 Å². The molecule has 9 nitrogen and oxygen atoms in total. The SMILES string of the molecule is CC(=O)Nc1ccc(S(=O)(=O)N(C(=O)Oc2ccccc2Oc2ccc(Cl)cc2Cl)C(C)(C)C)cn1. The Morgan fingerprint density at radius 2 is 1.64 bits per heavy atom. The topological polar surface area (TPSA) is 115 Å². The molecular weight excluding hydrogens is 529 g/mol. The number of sulfonamides is 1. The Hall–Kier alpha value is -3.34. The number of hydrogen-bond acceptors (Lipinski definition) is 7. The van der Waals surface area contributed by atoms with Crippen LogP contribution in [0.3, 0.4) is 0 Å². The Balaban J connectivity index is 1.92. The zero-order valence-electron chi connectivity index (χ0n) is 19.8. The fourth-order valence-corrected chi connectivity index (χ4v) is 5.09. The average molecular weight is 552 g/mol. The number of benzene rings is 2. The third-order valence-electron chi connectivity index (χ3n) is 4.51. The van der Waals surface area contributed by atoms with Gasteiger partial charge in [0.1, 0.15) is 16.5 Å². The smallest absolute Gasteiger partial charge is 0.429 e. The number of ether oxygens (including phenoxy) is 2. The monoisotopic (exact) mass is 551 g/mol. The molecule has 0 fully saturated rings. The predicted molar refractivity (Wildman–Crippen MR) is 136 cm³/mol. The first-order chi connectivity index (χ1) is 16.8. The van der Waals surface area contributed by atoms with Gasteiger partial charge in [0, 0.05) is 18.1 Å². The van der Waals surface area contributed by atoms with Crippen molar-refractivity contribution in [1.29, 1.82) is 0 Å². The number of amides is 2. The lowest BCUT2D eigenvalue weighted by Crippen LogP contribution is -2.50. The van der Waals surface area contributed by atoms with E-state index in [4.69, 9.17) is 32.7 Å². The van der Waals surface area contributed by atoms with E-state index >= 15 is 0 Å². The molecule has 0 aliphatic heterocycles. The number of nitrogens with one attached hydrogen (secondary N) is 1. The van der Waals surface area contributed by atoms with Crippen molar-refractivity contribution < 1.29 is 27.5 Å². The fraction of sp³-hybridized carbons (Fsp3) is 0.208. The Morgan fingerprint density at radius 3 is 2.19 bits per heavy atom. The molecule has 1 N–H and O–H groups in total. The molecule has 0 aliphatic rings. The highest BCUT2D eigenvalue weighted by Gasteiger charge is 2.40. The van der Waals surface area contributed by atoms with Crippen LogP contribution in [0.25, 0.3) is 0 Å². The van der Waals surface area contributed by atoms with Crippen molar-refractivity contribution in [2.75, 3.05) is 5.32 Å². The van der Waals surface area contributed by atoms with E-state index in [1.165, 1.54) is 37.3 Å². The number of pyridine rings is 1. The first kappa shape index (κ1) is 27.3. The third kappa shape index (κ3) is 6.45. The normalized spacial score (nSPS) is 11.5. The minimum atomic E-state index is -4.40. The van der Waals surface area contributed by atoms with Crippen LogP contribution in [0.2, 0.25) is 10.0 Å². The second kappa shape index (κ2) is 10.7. The quantitative estimate of drug-likeness (QED) is 0.391. The van der Waals surface area contributed by atoms with Gasteiger partial charge in [-0.2, -0.15) is 4.31 Å². The van der Waals surface area contributed by atoms with Crippen molar-refractivity contribution in [1.82, 2.24) is 9.29 Å². The van der Waals surface area contributed by atoms with Gasteiger partial charge in [-0.05, 0) is 63.2 Å². The highest BCUT2D eigenvalue weighted by Crippen LogP contribution is 2.37. The minimum absolute atomic E-state index is 0.0305. The summed E-state index contributed by atoms with van der Waals surface area (Å²) in [5.41, 5.74) is -1.21. The van der Waals surface area contributed by atoms with Crippen LogP contribution in [0, 0.1) is 0 Å². The molecule has 0 bridgehead atoms. The van der Waals surface area contributed by atoms with Gasteiger partial charge in [0.25, 0.3) is 10.0 Å². The molecule has 36 heavy (non-hydrogen) atoms. The average Bonchev–Trinajstić information content (AvgIpc) is 2.75. The van der Waals surface area contributed by atoms with E-state index < -0.39 is 21.7 Å². The summed E-state index contributed by atoms with van der Waals surface area (Å²) in [5.74, 6) is 0.159. The molecule has 1 aromatic heterocycles. The van der Waals surface area contributed by atoms with Crippen molar-refractivity contribution in [3.05, 3.63) is 70.8 Å². The summed E-state index contributed by atoms with van der Waals surface area (Å²) in [6, 6.07) is 13.4. The molecule has 12 heteroatoms. The third-order valence-corrected chi connectivity index (χ3v) is 7.06. The van der Waals surface area contributed by atoms with Gasteiger partial charge in [0.15, 0.2) is 11.5 Å². The van der Waals surface area contributed by atoms with Crippen LogP contribution in [0.15, 0.2) is 65.7 Å². The summed E-state index contributed by atoms with van der Waals surface area (Å²) >= 11 is 12.1. The maximum Gasteiger partial charge on any atom is 0.429 e. The zero-order valence-corrected chi connectivity index (χ0v) is 22.1. The summed E-state index contributed by atoms with van der Waals surface area (Å²) in [6.45, 7) is 5.93. The van der Waals surface area contributed by atoms with Crippen molar-refractivity contribution in [2.45, 2.75) is 38.1 Å². The molecule has 2 aromatic carbocycles. The lowest BCUT2D eigenvalue weighted by atomic mass is 10.1. The number of halogens is 2. The second-order valence-electron chi connectivity index (χ2n) is 8.49. The molecule has 3 rings (SSSR count). The fourth-order valence-electron chi connectivity index (χ4n) is 3.06. The predicted octanol–water partition coefficient (Wildman–Crippen LogP) is 6.13. The first-order valence-corrected chi connectivity index (χ1v) is 12.7. The number of carbonyl (C=O) groups is 2. The maximum absolute atomic E-state index is 13.4. The van der Waals surface area contributed by atoms with Gasteiger partial charge in [0.2, 0.25) is 5.91 Å². The van der Waals surface area contributed by atoms with Crippen molar-refractivity contribution >= 4 is 51.0 Å². The van der Waals surface area contributed by atoms with E-state index in [1.54, 1.807) is 45.0 Å². The molecular formula is C24H23Cl2N3O6S. The highest BCUT2D eigenvalue weighted by molar-refractivity contribution is 7.89. The number of anilines is 1. The molecule has 0 saturated carbocycles. The number of para-hydroxylation sites is 2. The molecule has 0 radical (unpaired) electrons. The van der Waals surface area contributed by atoms with E-state index in [0.29, 0.717) is 9.33 Å². The Bertz CT molecular complexity index is 1390. The van der Waals surface area contributed by atoms with Crippen LogP contribution in [-0.2, 0) is 14.8 Å². The number of nitrogens with zero attached hydrogens (tertiary/aromatic N) is 2. The summed E-state index contributed by atoms with van der Waals surface area (Å²) in [5, 5.41) is 3.10. The lowest BCUT2D eigenvalue weighted by Gasteiger charge is -2.33. The van der Waals surface area contributed by atoms with Gasteiger partial charge in [-0.25, -0.2) is 18.2 Å². The van der Waals surface area contributed by atoms with Gasteiger partial charge in [-0.1, -0.05) is 35.3 Å². The molecule has 0 atom stereocenters. The molecule has 0 saturated heterocycles. The van der Waals surface area contributed by atoms with E-state index in [0.717, 1.165) is 6.20 Å². The molecule has 1 heterocycles. The molecule has 0 unspecified atom stereocenters. The summed E-state index contributed by atoms with van der Waals surface area (Å²) in [6.07, 6.45) is -0.113. The Labute approximate surface area is 219 Å². The van der Waals surface area contributed by atoms with Crippen LogP contribution in [0.5, 0.6) is 17.2 Å². The summed E-state index contributed by atoms with van der Waals surface area (Å²) in [7, 11) is -4.40. The van der Waals surface area contributed by atoms with Crippen LogP contribution >= 0.6 is 23.2 Å². The van der Waals surface area contributed by atoms with Gasteiger partial charge >= 0.3 is 6.09 Å². The Morgan fingerprint density at radius 1 is 0.972 bits per heavy atom. The summed E-state index contributed by atoms with van der Waals surface area (Å²) < 4.78 is 38.8. The number of aromatic nitrogens is 1. The van der Waals surface area contributed by atoms with Crippen molar-refractivity contribution in [3.8, 4) is 17.2 Å². The zero-order chi connectivity index (χ0) is 26.7. The highest BCUT2D eigenvalue weighted by atomic mass is 35.5. The van der Waals surface area contributed by atoms with E-state index in [1.807, 2.05) is 0 Å². The molecule has 0 aliphatic carbocycles. The minimum Gasteiger partial charge on any atom is -0.452 e. The molecule has 2 amide bonds. The molecule has 0 spiro atoms. The van der Waals surface area contributed by atoms with Crippen LogP contribution in [-0.4, -0.2) is 35.2 Å². The van der Waals surface area contributed by atoms with Gasteiger partial charge in [-0.15, -0.1) is 0 Å². The van der Waals surface area contributed by atoms with Crippen molar-refractivity contribution in [2.24, 2.45) is 0 Å².